The molecule has 1 N–H and O–H groups in total. The molecule has 1 aliphatic heterocycles. The molecule has 1 atom stereocenters. The standard InChI is InChI=1S/C25H31N5O/c1-2-26-25(27-15-23-16-28-30(18-23)24-11-7-4-8-12-24)29-14-13-22(17-29)20-31-19-21-9-5-3-6-10-21/h3-12,16,18,22H,2,13-15,17,19-20H2,1H3,(H,26,27). The first-order valence-corrected chi connectivity index (χ1v) is 11.1. The second kappa shape index (κ2) is 10.8. The summed E-state index contributed by atoms with van der Waals surface area (Å²) >= 11 is 0. The van der Waals surface area contributed by atoms with Gasteiger partial charge in [0.25, 0.3) is 0 Å². The summed E-state index contributed by atoms with van der Waals surface area (Å²) in [5.74, 6) is 1.51. The fraction of sp³-hybridized carbons (Fsp3) is 0.360. The highest BCUT2D eigenvalue weighted by Crippen LogP contribution is 2.18. The van der Waals surface area contributed by atoms with Gasteiger partial charge >= 0.3 is 0 Å². The number of nitrogens with zero attached hydrogens (tertiary/aromatic N) is 4. The molecule has 1 aliphatic rings. The van der Waals surface area contributed by atoms with Gasteiger partial charge < -0.3 is 15.0 Å². The van der Waals surface area contributed by atoms with Crippen molar-refractivity contribution in [3.05, 3.63) is 84.2 Å². The van der Waals surface area contributed by atoms with Crippen molar-refractivity contribution >= 4 is 5.96 Å². The molecule has 1 unspecified atom stereocenters. The van der Waals surface area contributed by atoms with Crippen LogP contribution in [0.15, 0.2) is 78.0 Å². The molecular weight excluding hydrogens is 386 g/mol. The predicted molar refractivity (Wildman–Crippen MR) is 124 cm³/mol. The minimum Gasteiger partial charge on any atom is -0.376 e. The molecule has 31 heavy (non-hydrogen) atoms. The summed E-state index contributed by atoms with van der Waals surface area (Å²) < 4.78 is 7.86. The van der Waals surface area contributed by atoms with Crippen molar-refractivity contribution < 1.29 is 4.74 Å². The largest absolute Gasteiger partial charge is 0.376 e. The van der Waals surface area contributed by atoms with E-state index in [2.05, 4.69) is 46.5 Å². The van der Waals surface area contributed by atoms with Crippen LogP contribution < -0.4 is 5.32 Å². The molecule has 0 radical (unpaired) electrons. The quantitative estimate of drug-likeness (QED) is 0.446. The van der Waals surface area contributed by atoms with Gasteiger partial charge in [-0.05, 0) is 31.0 Å². The lowest BCUT2D eigenvalue weighted by Gasteiger charge is -2.21. The van der Waals surface area contributed by atoms with E-state index in [0.717, 1.165) is 49.9 Å². The van der Waals surface area contributed by atoms with Crippen LogP contribution >= 0.6 is 0 Å². The number of likely N-dealkylation sites (tertiary alicyclic amines) is 1. The topological polar surface area (TPSA) is 54.7 Å². The fourth-order valence-electron chi connectivity index (χ4n) is 3.83. The van der Waals surface area contributed by atoms with Crippen molar-refractivity contribution in [2.45, 2.75) is 26.5 Å². The second-order valence-corrected chi connectivity index (χ2v) is 7.90. The van der Waals surface area contributed by atoms with Crippen LogP contribution in [0.3, 0.4) is 0 Å². The minimum atomic E-state index is 0.536. The van der Waals surface area contributed by atoms with Gasteiger partial charge in [-0.15, -0.1) is 0 Å². The number of aromatic nitrogens is 2. The van der Waals surface area contributed by atoms with Crippen LogP contribution in [0.4, 0.5) is 0 Å². The van der Waals surface area contributed by atoms with Crippen LogP contribution in [-0.4, -0.2) is 46.9 Å². The number of benzene rings is 2. The third-order valence-electron chi connectivity index (χ3n) is 5.45. The molecule has 0 aliphatic carbocycles. The number of rotatable bonds is 8. The Balaban J connectivity index is 1.30. The van der Waals surface area contributed by atoms with E-state index in [1.165, 1.54) is 5.56 Å². The predicted octanol–water partition coefficient (Wildman–Crippen LogP) is 3.88. The molecule has 0 amide bonds. The number of guanidine groups is 1. The first kappa shape index (κ1) is 21.1. The van der Waals surface area contributed by atoms with Crippen LogP contribution in [-0.2, 0) is 17.9 Å². The first-order valence-electron chi connectivity index (χ1n) is 11.1. The molecule has 162 valence electrons. The van der Waals surface area contributed by atoms with E-state index in [1.807, 2.05) is 53.5 Å². The van der Waals surface area contributed by atoms with Crippen molar-refractivity contribution in [1.82, 2.24) is 20.0 Å². The Morgan fingerprint density at radius 1 is 1.10 bits per heavy atom. The van der Waals surface area contributed by atoms with E-state index in [0.29, 0.717) is 19.1 Å². The minimum absolute atomic E-state index is 0.536. The second-order valence-electron chi connectivity index (χ2n) is 7.90. The maximum atomic E-state index is 5.97. The zero-order valence-corrected chi connectivity index (χ0v) is 18.2. The Hall–Kier alpha value is -3.12. The lowest BCUT2D eigenvalue weighted by Crippen LogP contribution is -2.40. The Bertz CT molecular complexity index is 954. The molecule has 1 aromatic heterocycles. The first-order chi connectivity index (χ1) is 15.3. The van der Waals surface area contributed by atoms with Gasteiger partial charge in [0.05, 0.1) is 31.6 Å². The van der Waals surface area contributed by atoms with Crippen LogP contribution in [0.2, 0.25) is 0 Å². The average Bonchev–Trinajstić information content (AvgIpc) is 3.48. The molecule has 6 nitrogen and oxygen atoms in total. The summed E-state index contributed by atoms with van der Waals surface area (Å²) in [5.41, 5.74) is 3.38. The highest BCUT2D eigenvalue weighted by Gasteiger charge is 2.25. The van der Waals surface area contributed by atoms with Crippen molar-refractivity contribution in [1.29, 1.82) is 0 Å². The number of aliphatic imine (C=N–C) groups is 1. The van der Waals surface area contributed by atoms with Gasteiger partial charge in [0, 0.05) is 37.3 Å². The lowest BCUT2D eigenvalue weighted by molar-refractivity contribution is 0.0906. The Kier molecular flexibility index (Phi) is 7.34. The van der Waals surface area contributed by atoms with E-state index >= 15 is 0 Å². The Morgan fingerprint density at radius 2 is 1.87 bits per heavy atom. The number of hydrogen-bond donors (Lipinski definition) is 1. The smallest absolute Gasteiger partial charge is 0.194 e. The number of para-hydroxylation sites is 1. The molecule has 3 aromatic rings. The molecule has 4 rings (SSSR count). The van der Waals surface area contributed by atoms with Crippen LogP contribution in [0.5, 0.6) is 0 Å². The third-order valence-corrected chi connectivity index (χ3v) is 5.45. The van der Waals surface area contributed by atoms with Gasteiger partial charge in [0.15, 0.2) is 5.96 Å². The summed E-state index contributed by atoms with van der Waals surface area (Å²) in [5, 5.41) is 7.92. The molecule has 2 heterocycles. The number of hydrogen-bond acceptors (Lipinski definition) is 3. The van der Waals surface area contributed by atoms with Gasteiger partial charge in [-0.2, -0.15) is 5.10 Å². The fourth-order valence-corrected chi connectivity index (χ4v) is 3.83. The van der Waals surface area contributed by atoms with Gasteiger partial charge in [-0.1, -0.05) is 48.5 Å². The normalized spacial score (nSPS) is 16.6. The number of ether oxygens (including phenoxy) is 1. The van der Waals surface area contributed by atoms with Crippen molar-refractivity contribution in [2.75, 3.05) is 26.2 Å². The molecule has 1 fully saturated rings. The van der Waals surface area contributed by atoms with Crippen LogP contribution in [0.1, 0.15) is 24.5 Å². The molecule has 0 saturated carbocycles. The van der Waals surface area contributed by atoms with Crippen molar-refractivity contribution in [3.63, 3.8) is 0 Å². The van der Waals surface area contributed by atoms with Crippen LogP contribution in [0, 0.1) is 5.92 Å². The van der Waals surface area contributed by atoms with Gasteiger partial charge in [-0.3, -0.25) is 0 Å². The molecule has 1 saturated heterocycles. The van der Waals surface area contributed by atoms with Gasteiger partial charge in [0.1, 0.15) is 0 Å². The zero-order chi connectivity index (χ0) is 21.3. The summed E-state index contributed by atoms with van der Waals surface area (Å²) in [7, 11) is 0. The monoisotopic (exact) mass is 417 g/mol. The highest BCUT2D eigenvalue weighted by atomic mass is 16.5. The summed E-state index contributed by atoms with van der Waals surface area (Å²) in [6, 6.07) is 20.5. The van der Waals surface area contributed by atoms with Crippen LogP contribution in [0.25, 0.3) is 5.69 Å². The van der Waals surface area contributed by atoms with Crippen molar-refractivity contribution in [3.8, 4) is 5.69 Å². The third kappa shape index (κ3) is 5.95. The average molecular weight is 418 g/mol. The maximum Gasteiger partial charge on any atom is 0.194 e. The Labute approximate surface area is 184 Å². The van der Waals surface area contributed by atoms with E-state index in [9.17, 15) is 0 Å². The molecular formula is C25H31N5O. The molecule has 0 bridgehead atoms. The lowest BCUT2D eigenvalue weighted by atomic mass is 10.1. The van der Waals surface area contributed by atoms with Crippen molar-refractivity contribution in [2.24, 2.45) is 10.9 Å². The molecule has 2 aromatic carbocycles. The number of nitrogens with one attached hydrogen (secondary N) is 1. The van der Waals surface area contributed by atoms with E-state index in [4.69, 9.17) is 9.73 Å². The SMILES string of the molecule is CCNC(=NCc1cnn(-c2ccccc2)c1)N1CCC(COCc2ccccc2)C1. The zero-order valence-electron chi connectivity index (χ0n) is 18.2. The van der Waals surface area contributed by atoms with Gasteiger partial charge in [0.2, 0.25) is 0 Å². The van der Waals surface area contributed by atoms with Gasteiger partial charge in [-0.25, -0.2) is 9.67 Å². The summed E-state index contributed by atoms with van der Waals surface area (Å²) in [6.07, 6.45) is 5.07. The molecule has 6 heteroatoms. The van der Waals surface area contributed by atoms with E-state index < -0.39 is 0 Å². The highest BCUT2D eigenvalue weighted by molar-refractivity contribution is 5.80. The van der Waals surface area contributed by atoms with E-state index in [1.54, 1.807) is 0 Å². The Morgan fingerprint density at radius 3 is 2.65 bits per heavy atom. The summed E-state index contributed by atoms with van der Waals surface area (Å²) in [6.45, 7) is 7.03. The molecule has 0 spiro atoms. The summed E-state index contributed by atoms with van der Waals surface area (Å²) in [4.78, 5) is 7.22. The maximum absolute atomic E-state index is 5.97. The van der Waals surface area contributed by atoms with E-state index in [-0.39, 0.29) is 0 Å².